The average molecular weight is 428 g/mol. The fraction of sp³-hybridized carbons (Fsp3) is 0.556. The Bertz CT molecular complexity index is 797. The molecule has 4 heterocycles. The van der Waals surface area contributed by atoms with E-state index in [1.54, 1.807) is 0 Å². The van der Waals surface area contributed by atoms with Gasteiger partial charge in [-0.1, -0.05) is 17.7 Å². The zero-order chi connectivity index (χ0) is 19.1. The number of carbonyl (C=O) groups is 2. The minimum absolute atomic E-state index is 0.0898. The van der Waals surface area contributed by atoms with Crippen molar-refractivity contribution < 1.29 is 14.7 Å². The molecule has 0 saturated carbocycles. The van der Waals surface area contributed by atoms with Crippen LogP contribution >= 0.6 is 34.7 Å². The van der Waals surface area contributed by atoms with Gasteiger partial charge in [0.2, 0.25) is 5.91 Å². The Morgan fingerprint density at radius 2 is 2.22 bits per heavy atom. The third kappa shape index (κ3) is 4.05. The topological polar surface area (TPSA) is 72.9 Å². The number of halogens is 1. The number of aliphatic hydroxyl groups excluding tert-OH is 1. The van der Waals surface area contributed by atoms with Gasteiger partial charge in [-0.25, -0.2) is 0 Å². The Balaban J connectivity index is 1.38. The van der Waals surface area contributed by atoms with Gasteiger partial charge in [0.05, 0.1) is 20.5 Å². The summed E-state index contributed by atoms with van der Waals surface area (Å²) in [6, 6.07) is 1.73. The molecule has 2 amide bonds. The lowest BCUT2D eigenvalue weighted by Gasteiger charge is -2.21. The molecule has 0 radical (unpaired) electrons. The first kappa shape index (κ1) is 19.3. The Labute approximate surface area is 171 Å². The highest BCUT2D eigenvalue weighted by molar-refractivity contribution is 8.06. The van der Waals surface area contributed by atoms with Gasteiger partial charge in [0.25, 0.3) is 5.91 Å². The molecule has 27 heavy (non-hydrogen) atoms. The average Bonchev–Trinajstić information content (AvgIpc) is 3.32. The number of thiophene rings is 1. The number of hydrogen-bond donors (Lipinski definition) is 2. The quantitative estimate of drug-likeness (QED) is 0.771. The van der Waals surface area contributed by atoms with Gasteiger partial charge in [-0.15, -0.1) is 23.1 Å². The summed E-state index contributed by atoms with van der Waals surface area (Å²) in [7, 11) is 2.08. The molecule has 0 aromatic carbocycles. The Hall–Kier alpha value is -1.06. The first-order valence-electron chi connectivity index (χ1n) is 9.02. The summed E-state index contributed by atoms with van der Waals surface area (Å²) in [6.45, 7) is 2.19. The van der Waals surface area contributed by atoms with Gasteiger partial charge in [0.1, 0.15) is 6.23 Å². The molecule has 0 aliphatic carbocycles. The second kappa shape index (κ2) is 7.75. The normalized spacial score (nSPS) is 28.2. The van der Waals surface area contributed by atoms with E-state index in [4.69, 9.17) is 11.6 Å². The molecule has 3 aliphatic rings. The number of carbonyl (C=O) groups excluding carboxylic acids is 2. The van der Waals surface area contributed by atoms with Gasteiger partial charge >= 0.3 is 0 Å². The third-order valence-electron chi connectivity index (χ3n) is 5.20. The Morgan fingerprint density at radius 1 is 1.41 bits per heavy atom. The number of likely N-dealkylation sites (N-methyl/N-ethyl adjacent to an activating group) is 1. The summed E-state index contributed by atoms with van der Waals surface area (Å²) in [5.74, 6) is -0.241. The molecule has 1 aromatic heterocycles. The Morgan fingerprint density at radius 3 is 2.96 bits per heavy atom. The third-order valence-corrected chi connectivity index (χ3v) is 7.86. The number of thioether (sulfide) groups is 1. The van der Waals surface area contributed by atoms with E-state index in [2.05, 4.69) is 17.3 Å². The van der Waals surface area contributed by atoms with Crippen LogP contribution in [0.25, 0.3) is 0 Å². The van der Waals surface area contributed by atoms with E-state index in [0.717, 1.165) is 19.5 Å². The number of rotatable bonds is 3. The van der Waals surface area contributed by atoms with Crippen molar-refractivity contribution in [2.24, 2.45) is 0 Å². The fourth-order valence-corrected chi connectivity index (χ4v) is 6.21. The first-order chi connectivity index (χ1) is 12.9. The van der Waals surface area contributed by atoms with E-state index in [1.165, 1.54) is 38.4 Å². The molecule has 1 saturated heterocycles. The van der Waals surface area contributed by atoms with Crippen LogP contribution in [0, 0.1) is 0 Å². The predicted octanol–water partition coefficient (Wildman–Crippen LogP) is 1.97. The van der Waals surface area contributed by atoms with Crippen LogP contribution in [0.5, 0.6) is 0 Å². The van der Waals surface area contributed by atoms with E-state index < -0.39 is 6.23 Å². The first-order valence-corrected chi connectivity index (χ1v) is 11.1. The Kier molecular flexibility index (Phi) is 5.53. The molecule has 3 aliphatic heterocycles. The van der Waals surface area contributed by atoms with Crippen molar-refractivity contribution in [2.75, 3.05) is 20.1 Å². The lowest BCUT2D eigenvalue weighted by Crippen LogP contribution is -2.42. The SMILES string of the molecule is CN1CCc2cc(C(=O)N3C[C@H](NC(=O)C4CC=C(Cl)S4)CC3O)sc2C1. The van der Waals surface area contributed by atoms with Crippen LogP contribution in [0.15, 0.2) is 16.5 Å². The minimum atomic E-state index is -0.873. The van der Waals surface area contributed by atoms with Gasteiger partial charge in [0.15, 0.2) is 0 Å². The van der Waals surface area contributed by atoms with Crippen LogP contribution in [0.2, 0.25) is 0 Å². The smallest absolute Gasteiger partial charge is 0.266 e. The van der Waals surface area contributed by atoms with Crippen molar-refractivity contribution in [1.29, 1.82) is 0 Å². The molecule has 1 aromatic rings. The second-order valence-corrected chi connectivity index (χ2v) is 10.3. The van der Waals surface area contributed by atoms with E-state index in [9.17, 15) is 14.7 Å². The summed E-state index contributed by atoms with van der Waals surface area (Å²) >= 11 is 8.79. The van der Waals surface area contributed by atoms with E-state index in [-0.39, 0.29) is 23.1 Å². The van der Waals surface area contributed by atoms with Gasteiger partial charge < -0.3 is 20.2 Å². The zero-order valence-electron chi connectivity index (χ0n) is 15.0. The van der Waals surface area contributed by atoms with E-state index >= 15 is 0 Å². The summed E-state index contributed by atoms with van der Waals surface area (Å²) in [5.41, 5.74) is 1.24. The maximum atomic E-state index is 12.9. The second-order valence-electron chi connectivity index (χ2n) is 7.28. The molecular weight excluding hydrogens is 406 g/mol. The lowest BCUT2D eigenvalue weighted by molar-refractivity contribution is -0.121. The number of hydrogen-bond acceptors (Lipinski definition) is 6. The van der Waals surface area contributed by atoms with Crippen LogP contribution in [-0.4, -0.2) is 64.4 Å². The van der Waals surface area contributed by atoms with Crippen molar-refractivity contribution >= 4 is 46.5 Å². The zero-order valence-corrected chi connectivity index (χ0v) is 17.4. The molecule has 1 fully saturated rings. The molecule has 9 heteroatoms. The predicted molar refractivity (Wildman–Crippen MR) is 108 cm³/mol. The van der Waals surface area contributed by atoms with Crippen molar-refractivity contribution in [3.05, 3.63) is 31.8 Å². The number of nitrogens with one attached hydrogen (secondary N) is 1. The lowest BCUT2D eigenvalue weighted by atomic mass is 10.1. The molecule has 146 valence electrons. The van der Waals surface area contributed by atoms with E-state index in [1.807, 2.05) is 12.1 Å². The highest BCUT2D eigenvalue weighted by atomic mass is 35.5. The molecule has 0 bridgehead atoms. The van der Waals surface area contributed by atoms with Gasteiger partial charge in [0, 0.05) is 30.9 Å². The monoisotopic (exact) mass is 427 g/mol. The van der Waals surface area contributed by atoms with Crippen LogP contribution in [0.4, 0.5) is 0 Å². The van der Waals surface area contributed by atoms with Gasteiger partial charge in [-0.2, -0.15) is 0 Å². The summed E-state index contributed by atoms with van der Waals surface area (Å²) in [5, 5.41) is 13.1. The molecule has 6 nitrogen and oxygen atoms in total. The maximum absolute atomic E-state index is 12.9. The molecule has 0 spiro atoms. The molecule has 4 rings (SSSR count). The van der Waals surface area contributed by atoms with E-state index in [0.29, 0.717) is 28.6 Å². The summed E-state index contributed by atoms with van der Waals surface area (Å²) in [6.07, 6.45) is 2.88. The number of amides is 2. The van der Waals surface area contributed by atoms with Crippen LogP contribution in [-0.2, 0) is 17.8 Å². The standard InChI is InChI=1S/C18H22ClN3O3S2/c1-21-5-4-10-6-13(26-14(10)9-21)18(25)22-8-11(7-16(22)23)20-17(24)12-2-3-15(19)27-12/h3,6,11-12,16,23H,2,4-5,7-9H2,1H3,(H,20,24)/t11-,12?,16?/m1/s1. The number of aliphatic hydroxyl groups is 1. The number of allylic oxidation sites excluding steroid dienone is 1. The van der Waals surface area contributed by atoms with Crippen molar-refractivity contribution in [1.82, 2.24) is 15.1 Å². The van der Waals surface area contributed by atoms with Crippen molar-refractivity contribution in [2.45, 2.75) is 43.3 Å². The highest BCUT2D eigenvalue weighted by Gasteiger charge is 2.37. The summed E-state index contributed by atoms with van der Waals surface area (Å²) < 4.78 is 0.644. The maximum Gasteiger partial charge on any atom is 0.266 e. The largest absolute Gasteiger partial charge is 0.373 e. The van der Waals surface area contributed by atoms with Crippen molar-refractivity contribution in [3.63, 3.8) is 0 Å². The van der Waals surface area contributed by atoms with Gasteiger partial charge in [-0.3, -0.25) is 9.59 Å². The highest BCUT2D eigenvalue weighted by Crippen LogP contribution is 2.35. The summed E-state index contributed by atoms with van der Waals surface area (Å²) in [4.78, 5) is 30.9. The van der Waals surface area contributed by atoms with Crippen LogP contribution in [0.3, 0.4) is 0 Å². The van der Waals surface area contributed by atoms with Crippen LogP contribution in [0.1, 0.15) is 33.0 Å². The number of fused-ring (bicyclic) bond motifs is 1. The number of likely N-dealkylation sites (tertiary alicyclic amines) is 1. The molecule has 3 atom stereocenters. The molecule has 2 unspecified atom stereocenters. The fourth-order valence-electron chi connectivity index (χ4n) is 3.72. The van der Waals surface area contributed by atoms with Gasteiger partial charge in [-0.05, 0) is 31.5 Å². The number of nitrogens with zero attached hydrogens (tertiary/aromatic N) is 2. The van der Waals surface area contributed by atoms with Crippen LogP contribution < -0.4 is 5.32 Å². The van der Waals surface area contributed by atoms with Crippen molar-refractivity contribution in [3.8, 4) is 0 Å². The molecular formula is C18H22ClN3O3S2. The minimum Gasteiger partial charge on any atom is -0.373 e. The molecule has 2 N–H and O–H groups in total.